The Kier molecular flexibility index (Phi) is 6.04. The molecule has 0 unspecified atom stereocenters. The van der Waals surface area contributed by atoms with E-state index in [2.05, 4.69) is 40.1 Å². The number of rotatable bonds is 6. The molecule has 6 nitrogen and oxygen atoms in total. The Labute approximate surface area is 172 Å². The van der Waals surface area contributed by atoms with Gasteiger partial charge in [0.15, 0.2) is 0 Å². The SMILES string of the molecule is CCN(CC)c1ccc(C=C2C(=O)NN(c3ccc(Br)cc3)C2=O)c(OC)c1. The summed E-state index contributed by atoms with van der Waals surface area (Å²) in [6, 6.07) is 12.9. The van der Waals surface area contributed by atoms with Crippen molar-refractivity contribution in [2.45, 2.75) is 13.8 Å². The van der Waals surface area contributed by atoms with Gasteiger partial charge in [0, 0.05) is 34.9 Å². The first kappa shape index (κ1) is 19.9. The number of hydrazine groups is 1. The number of hydrogen-bond acceptors (Lipinski definition) is 4. The van der Waals surface area contributed by atoms with Gasteiger partial charge < -0.3 is 9.64 Å². The molecule has 2 amide bonds. The summed E-state index contributed by atoms with van der Waals surface area (Å²) in [6.07, 6.45) is 1.57. The summed E-state index contributed by atoms with van der Waals surface area (Å²) in [6.45, 7) is 5.93. The molecule has 1 aliphatic rings. The lowest BCUT2D eigenvalue weighted by Gasteiger charge is -2.22. The van der Waals surface area contributed by atoms with Crippen molar-refractivity contribution in [3.8, 4) is 5.75 Å². The zero-order chi connectivity index (χ0) is 20.3. The van der Waals surface area contributed by atoms with Gasteiger partial charge in [-0.25, -0.2) is 5.01 Å². The highest BCUT2D eigenvalue weighted by atomic mass is 79.9. The van der Waals surface area contributed by atoms with E-state index in [-0.39, 0.29) is 5.57 Å². The maximum Gasteiger partial charge on any atom is 0.282 e. The summed E-state index contributed by atoms with van der Waals surface area (Å²) < 4.78 is 6.39. The maximum absolute atomic E-state index is 12.8. The summed E-state index contributed by atoms with van der Waals surface area (Å²) in [4.78, 5) is 27.4. The number of benzene rings is 2. The molecule has 1 heterocycles. The number of anilines is 2. The van der Waals surface area contributed by atoms with Crippen LogP contribution >= 0.6 is 15.9 Å². The van der Waals surface area contributed by atoms with E-state index in [1.165, 1.54) is 5.01 Å². The van der Waals surface area contributed by atoms with Crippen molar-refractivity contribution in [3.05, 3.63) is 58.1 Å². The van der Waals surface area contributed by atoms with Gasteiger partial charge in [-0.1, -0.05) is 15.9 Å². The molecule has 0 saturated carbocycles. The van der Waals surface area contributed by atoms with Crippen molar-refractivity contribution < 1.29 is 14.3 Å². The number of carbonyl (C=O) groups excluding carboxylic acids is 2. The number of halogens is 1. The third kappa shape index (κ3) is 3.89. The molecule has 2 aromatic carbocycles. The van der Waals surface area contributed by atoms with E-state index in [4.69, 9.17) is 4.74 Å². The first-order valence-corrected chi connectivity index (χ1v) is 9.83. The molecule has 1 N–H and O–H groups in total. The van der Waals surface area contributed by atoms with Gasteiger partial charge in [-0.15, -0.1) is 0 Å². The Balaban J connectivity index is 1.93. The van der Waals surface area contributed by atoms with Crippen LogP contribution in [0.5, 0.6) is 5.75 Å². The molecule has 0 spiro atoms. The fraction of sp³-hybridized carbons (Fsp3) is 0.238. The van der Waals surface area contributed by atoms with E-state index < -0.39 is 11.8 Å². The minimum absolute atomic E-state index is 0.0665. The molecule has 0 aromatic heterocycles. The van der Waals surface area contributed by atoms with Gasteiger partial charge in [0.2, 0.25) is 0 Å². The lowest BCUT2D eigenvalue weighted by Crippen LogP contribution is -2.35. The number of carbonyl (C=O) groups is 2. The van der Waals surface area contributed by atoms with Crippen molar-refractivity contribution in [2.75, 3.05) is 30.1 Å². The summed E-state index contributed by atoms with van der Waals surface area (Å²) in [5.74, 6) is -0.232. The Hall–Kier alpha value is -2.80. The van der Waals surface area contributed by atoms with Crippen molar-refractivity contribution in [2.24, 2.45) is 0 Å². The van der Waals surface area contributed by atoms with Gasteiger partial charge in [0.1, 0.15) is 11.3 Å². The number of methoxy groups -OCH3 is 1. The van der Waals surface area contributed by atoms with Crippen molar-refractivity contribution >= 4 is 45.2 Å². The van der Waals surface area contributed by atoms with Gasteiger partial charge in [-0.05, 0) is 56.3 Å². The van der Waals surface area contributed by atoms with Crippen molar-refractivity contribution in [3.63, 3.8) is 0 Å². The predicted octanol–water partition coefficient (Wildman–Crippen LogP) is 3.77. The Morgan fingerprint density at radius 3 is 2.39 bits per heavy atom. The van der Waals surface area contributed by atoms with Crippen LogP contribution in [0.2, 0.25) is 0 Å². The zero-order valence-corrected chi connectivity index (χ0v) is 17.6. The summed E-state index contributed by atoms with van der Waals surface area (Å²) in [7, 11) is 1.58. The molecule has 0 bridgehead atoms. The van der Waals surface area contributed by atoms with Gasteiger partial charge in [0.25, 0.3) is 11.8 Å². The molecule has 2 aromatic rings. The van der Waals surface area contributed by atoms with E-state index in [1.54, 1.807) is 25.3 Å². The van der Waals surface area contributed by atoms with Crippen LogP contribution in [0.25, 0.3) is 6.08 Å². The molecule has 1 saturated heterocycles. The number of hydrogen-bond donors (Lipinski definition) is 1. The molecule has 1 fully saturated rings. The fourth-order valence-electron chi connectivity index (χ4n) is 3.09. The van der Waals surface area contributed by atoms with Crippen LogP contribution in [0, 0.1) is 0 Å². The molecule has 7 heteroatoms. The third-order valence-electron chi connectivity index (χ3n) is 4.62. The zero-order valence-electron chi connectivity index (χ0n) is 16.0. The van der Waals surface area contributed by atoms with Gasteiger partial charge in [-0.3, -0.25) is 15.0 Å². The van der Waals surface area contributed by atoms with Crippen molar-refractivity contribution in [1.82, 2.24) is 5.43 Å². The first-order chi connectivity index (χ1) is 13.5. The lowest BCUT2D eigenvalue weighted by molar-refractivity contribution is -0.117. The van der Waals surface area contributed by atoms with Crippen LogP contribution in [0.15, 0.2) is 52.5 Å². The maximum atomic E-state index is 12.8. The number of nitrogens with one attached hydrogen (secondary N) is 1. The normalized spacial score (nSPS) is 15.1. The van der Waals surface area contributed by atoms with Crippen LogP contribution in [0.3, 0.4) is 0 Å². The molecule has 3 rings (SSSR count). The molecule has 146 valence electrons. The topological polar surface area (TPSA) is 61.9 Å². The highest BCUT2D eigenvalue weighted by Gasteiger charge is 2.34. The van der Waals surface area contributed by atoms with Gasteiger partial charge >= 0.3 is 0 Å². The van der Waals surface area contributed by atoms with E-state index >= 15 is 0 Å². The van der Waals surface area contributed by atoms with Crippen LogP contribution < -0.4 is 20.1 Å². The van der Waals surface area contributed by atoms with Gasteiger partial charge in [0.05, 0.1) is 12.8 Å². The second-order valence-corrected chi connectivity index (χ2v) is 7.13. The number of nitrogens with zero attached hydrogens (tertiary/aromatic N) is 2. The average Bonchev–Trinajstić information content (AvgIpc) is 2.98. The molecule has 0 radical (unpaired) electrons. The molecular formula is C21H22BrN3O3. The fourth-order valence-corrected chi connectivity index (χ4v) is 3.35. The Bertz CT molecular complexity index is 921. The minimum Gasteiger partial charge on any atom is -0.496 e. The summed E-state index contributed by atoms with van der Waals surface area (Å²) in [5, 5.41) is 1.25. The highest BCUT2D eigenvalue weighted by molar-refractivity contribution is 9.10. The average molecular weight is 444 g/mol. The molecular weight excluding hydrogens is 422 g/mol. The van der Waals surface area contributed by atoms with Crippen molar-refractivity contribution in [1.29, 1.82) is 0 Å². The second-order valence-electron chi connectivity index (χ2n) is 6.21. The molecule has 28 heavy (non-hydrogen) atoms. The molecule has 0 atom stereocenters. The first-order valence-electron chi connectivity index (χ1n) is 9.04. The Morgan fingerprint density at radius 1 is 1.11 bits per heavy atom. The monoisotopic (exact) mass is 443 g/mol. The Morgan fingerprint density at radius 2 is 1.79 bits per heavy atom. The number of amides is 2. The number of ether oxygens (including phenoxy) is 1. The lowest BCUT2D eigenvalue weighted by atomic mass is 10.1. The standard InChI is InChI=1S/C21H22BrN3O3/c1-4-24(5-2)17-9-6-14(19(13-17)28-3)12-18-20(26)23-25(21(18)27)16-10-7-15(22)8-11-16/h6-13H,4-5H2,1-3H3,(H,23,26). The van der Waals surface area contributed by atoms with Crippen LogP contribution in [-0.2, 0) is 9.59 Å². The highest BCUT2D eigenvalue weighted by Crippen LogP contribution is 2.29. The van der Waals surface area contributed by atoms with Crippen LogP contribution in [0.4, 0.5) is 11.4 Å². The van der Waals surface area contributed by atoms with E-state index in [9.17, 15) is 9.59 Å². The van der Waals surface area contributed by atoms with E-state index in [0.717, 1.165) is 23.2 Å². The second kappa shape index (κ2) is 8.48. The van der Waals surface area contributed by atoms with Gasteiger partial charge in [-0.2, -0.15) is 0 Å². The minimum atomic E-state index is -0.442. The molecule has 0 aliphatic carbocycles. The third-order valence-corrected chi connectivity index (χ3v) is 5.15. The summed E-state index contributed by atoms with van der Waals surface area (Å²) >= 11 is 3.36. The van der Waals surface area contributed by atoms with Crippen LogP contribution in [0.1, 0.15) is 19.4 Å². The van der Waals surface area contributed by atoms with E-state index in [1.807, 2.05) is 30.3 Å². The smallest absolute Gasteiger partial charge is 0.282 e. The van der Waals surface area contributed by atoms with E-state index in [0.29, 0.717) is 17.0 Å². The molecule has 1 aliphatic heterocycles. The summed E-state index contributed by atoms with van der Waals surface area (Å²) in [5.41, 5.74) is 4.97. The predicted molar refractivity (Wildman–Crippen MR) is 114 cm³/mol. The van der Waals surface area contributed by atoms with Crippen LogP contribution in [-0.4, -0.2) is 32.0 Å². The quantitative estimate of drug-likeness (QED) is 0.545. The largest absolute Gasteiger partial charge is 0.496 e.